The minimum absolute atomic E-state index is 0.940. The van der Waals surface area contributed by atoms with Crippen LogP contribution >= 0.6 is 0 Å². The van der Waals surface area contributed by atoms with Gasteiger partial charge in [0, 0.05) is 0 Å². The Morgan fingerprint density at radius 2 is 2.25 bits per heavy atom. The molecule has 1 aliphatic rings. The molecule has 0 amide bonds. The maximum absolute atomic E-state index is 8.62. The van der Waals surface area contributed by atoms with Gasteiger partial charge >= 0.3 is 0 Å². The van der Waals surface area contributed by atoms with Gasteiger partial charge in [0.15, 0.2) is 0 Å². The highest BCUT2D eigenvalue weighted by Crippen LogP contribution is 1.96. The molecule has 0 aromatic carbocycles. The summed E-state index contributed by atoms with van der Waals surface area (Å²) in [6.07, 6.45) is 5.12. The van der Waals surface area contributed by atoms with Crippen LogP contribution in [0, 0.1) is 0 Å². The fourth-order valence-corrected chi connectivity index (χ4v) is 0.358. The minimum Gasteiger partial charge on any atom is -0.362 e. The molecule has 8 heavy (non-hydrogen) atoms. The normalized spacial score (nSPS) is 26.9. The fourth-order valence-electron chi connectivity index (χ4n) is 0.358. The van der Waals surface area contributed by atoms with Gasteiger partial charge in [-0.15, -0.1) is 0 Å². The van der Waals surface area contributed by atoms with Crippen LogP contribution in [-0.4, -0.2) is 11.4 Å². The molecule has 0 radical (unpaired) electrons. The summed E-state index contributed by atoms with van der Waals surface area (Å²) in [6, 6.07) is 0. The van der Waals surface area contributed by atoms with E-state index in [0.29, 0.717) is 0 Å². The molecule has 1 unspecified atom stereocenters. The zero-order valence-corrected chi connectivity index (χ0v) is 4.15. The highest BCUT2D eigenvalue weighted by atomic mass is 17.2. The van der Waals surface area contributed by atoms with Crippen LogP contribution in [-0.2, 0) is 9.78 Å². The van der Waals surface area contributed by atoms with Crippen molar-refractivity contribution in [3.63, 3.8) is 0 Å². The number of aliphatic hydroxyl groups is 1. The van der Waals surface area contributed by atoms with Gasteiger partial charge in [0.25, 0.3) is 0 Å². The van der Waals surface area contributed by atoms with Crippen LogP contribution in [0.25, 0.3) is 0 Å². The monoisotopic (exact) mass is 114 g/mol. The molecule has 1 aliphatic heterocycles. The van der Waals surface area contributed by atoms with E-state index < -0.39 is 6.29 Å². The van der Waals surface area contributed by atoms with Crippen LogP contribution in [0.2, 0.25) is 0 Å². The largest absolute Gasteiger partial charge is 0.362 e. The van der Waals surface area contributed by atoms with E-state index >= 15 is 0 Å². The van der Waals surface area contributed by atoms with Crippen molar-refractivity contribution in [2.45, 2.75) is 6.29 Å². The summed E-state index contributed by atoms with van der Waals surface area (Å²) >= 11 is 0. The molecule has 1 N–H and O–H groups in total. The molecule has 0 aromatic rings. The average Bonchev–Trinajstić information content (AvgIpc) is 1.94. The minimum atomic E-state index is -0.940. The van der Waals surface area contributed by atoms with E-state index in [1.807, 2.05) is 0 Å². The van der Waals surface area contributed by atoms with Gasteiger partial charge in [-0.05, 0) is 12.2 Å². The molecule has 3 heteroatoms. The summed E-state index contributed by atoms with van der Waals surface area (Å²) in [5.41, 5.74) is 0. The molecule has 44 valence electrons. The Labute approximate surface area is 46.8 Å². The van der Waals surface area contributed by atoms with Crippen molar-refractivity contribution in [2.24, 2.45) is 0 Å². The van der Waals surface area contributed by atoms with Crippen LogP contribution in [0.1, 0.15) is 0 Å². The Balaban J connectivity index is 2.46. The lowest BCUT2D eigenvalue weighted by atomic mass is 10.5. The van der Waals surface area contributed by atoms with Gasteiger partial charge in [-0.2, -0.15) is 4.89 Å². The number of hydrogen-bond donors (Lipinski definition) is 1. The van der Waals surface area contributed by atoms with Gasteiger partial charge in [0.05, 0.1) is 0 Å². The number of rotatable bonds is 0. The maximum atomic E-state index is 8.62. The van der Waals surface area contributed by atoms with Crippen molar-refractivity contribution in [3.05, 3.63) is 24.5 Å². The summed E-state index contributed by atoms with van der Waals surface area (Å²) < 4.78 is 0. The third-order valence-electron chi connectivity index (χ3n) is 0.675. The lowest BCUT2D eigenvalue weighted by Crippen LogP contribution is -2.04. The van der Waals surface area contributed by atoms with Crippen molar-refractivity contribution in [1.29, 1.82) is 0 Å². The first-order chi connectivity index (χ1) is 3.89. The number of allylic oxidation sites excluding steroid dienone is 2. The molecule has 0 spiro atoms. The standard InChI is InChI=1S/C5H6O3/c6-5-3-1-2-4-7-8-5/h1-6H. The second-order valence-electron chi connectivity index (χ2n) is 1.30. The lowest BCUT2D eigenvalue weighted by molar-refractivity contribution is -0.319. The van der Waals surface area contributed by atoms with Crippen molar-refractivity contribution in [2.75, 3.05) is 0 Å². The van der Waals surface area contributed by atoms with Crippen molar-refractivity contribution < 1.29 is 14.9 Å². The zero-order chi connectivity index (χ0) is 5.82. The van der Waals surface area contributed by atoms with Crippen molar-refractivity contribution in [1.82, 2.24) is 0 Å². The lowest BCUT2D eigenvalue weighted by Gasteiger charge is -1.99. The van der Waals surface area contributed by atoms with E-state index in [1.54, 1.807) is 12.2 Å². The molecule has 3 nitrogen and oxygen atoms in total. The Morgan fingerprint density at radius 3 is 3.12 bits per heavy atom. The van der Waals surface area contributed by atoms with Crippen LogP contribution in [0.4, 0.5) is 0 Å². The molecular formula is C5H6O3. The second-order valence-corrected chi connectivity index (χ2v) is 1.30. The summed E-state index contributed by atoms with van der Waals surface area (Å²) in [4.78, 5) is 8.60. The first-order valence-electron chi connectivity index (χ1n) is 2.23. The highest BCUT2D eigenvalue weighted by molar-refractivity contribution is 5.01. The Bertz CT molecular complexity index is 117. The van der Waals surface area contributed by atoms with Crippen LogP contribution in [0.5, 0.6) is 0 Å². The number of aliphatic hydroxyl groups excluding tert-OH is 1. The molecule has 1 rings (SSSR count). The fraction of sp³-hybridized carbons (Fsp3) is 0.200. The van der Waals surface area contributed by atoms with E-state index in [4.69, 9.17) is 5.11 Å². The maximum Gasteiger partial charge on any atom is 0.220 e. The molecule has 0 aliphatic carbocycles. The van der Waals surface area contributed by atoms with Gasteiger partial charge in [-0.1, -0.05) is 6.08 Å². The predicted octanol–water partition coefficient (Wildman–Crippen LogP) is 0.336. The summed E-state index contributed by atoms with van der Waals surface area (Å²) in [5.74, 6) is 0. The number of hydrogen-bond acceptors (Lipinski definition) is 3. The SMILES string of the molecule is OC1C=CC=COO1. The first-order valence-corrected chi connectivity index (χ1v) is 2.23. The van der Waals surface area contributed by atoms with Gasteiger partial charge in [0.1, 0.15) is 6.26 Å². The third-order valence-corrected chi connectivity index (χ3v) is 0.675. The molecule has 0 saturated carbocycles. The summed E-state index contributed by atoms with van der Waals surface area (Å²) in [6.45, 7) is 0. The quantitative estimate of drug-likeness (QED) is 0.461. The molecule has 0 fully saturated rings. The third kappa shape index (κ3) is 1.36. The average molecular weight is 114 g/mol. The van der Waals surface area contributed by atoms with Crippen LogP contribution in [0.15, 0.2) is 24.5 Å². The van der Waals surface area contributed by atoms with E-state index in [1.165, 1.54) is 12.3 Å². The van der Waals surface area contributed by atoms with Gasteiger partial charge in [0.2, 0.25) is 6.29 Å². The Kier molecular flexibility index (Phi) is 1.66. The topological polar surface area (TPSA) is 38.7 Å². The van der Waals surface area contributed by atoms with Gasteiger partial charge in [-0.3, -0.25) is 0 Å². The van der Waals surface area contributed by atoms with Crippen molar-refractivity contribution in [3.8, 4) is 0 Å². The molecule has 1 atom stereocenters. The van der Waals surface area contributed by atoms with E-state index in [2.05, 4.69) is 9.78 Å². The van der Waals surface area contributed by atoms with Gasteiger partial charge < -0.3 is 9.99 Å². The molecular weight excluding hydrogens is 108 g/mol. The van der Waals surface area contributed by atoms with E-state index in [0.717, 1.165) is 0 Å². The highest BCUT2D eigenvalue weighted by Gasteiger charge is 1.97. The Hall–Kier alpha value is -0.800. The van der Waals surface area contributed by atoms with E-state index in [-0.39, 0.29) is 0 Å². The van der Waals surface area contributed by atoms with Crippen LogP contribution in [0.3, 0.4) is 0 Å². The zero-order valence-electron chi connectivity index (χ0n) is 4.15. The summed E-state index contributed by atoms with van der Waals surface area (Å²) in [5, 5.41) is 8.62. The van der Waals surface area contributed by atoms with Crippen molar-refractivity contribution >= 4 is 0 Å². The predicted molar refractivity (Wildman–Crippen MR) is 26.5 cm³/mol. The molecule has 0 bridgehead atoms. The Morgan fingerprint density at radius 1 is 1.38 bits per heavy atom. The first kappa shape index (κ1) is 5.34. The van der Waals surface area contributed by atoms with E-state index in [9.17, 15) is 0 Å². The van der Waals surface area contributed by atoms with Gasteiger partial charge in [-0.25, -0.2) is 0 Å². The van der Waals surface area contributed by atoms with Crippen LogP contribution < -0.4 is 0 Å². The second kappa shape index (κ2) is 2.49. The summed E-state index contributed by atoms with van der Waals surface area (Å²) in [7, 11) is 0. The smallest absolute Gasteiger partial charge is 0.220 e. The molecule has 1 heterocycles. The molecule has 0 aromatic heterocycles. The molecule has 0 saturated heterocycles.